The molecule has 0 aliphatic rings. The summed E-state index contributed by atoms with van der Waals surface area (Å²) in [6, 6.07) is 9.10. The van der Waals surface area contributed by atoms with E-state index in [1.54, 1.807) is 0 Å². The van der Waals surface area contributed by atoms with Crippen molar-refractivity contribution < 1.29 is 4.52 Å². The molecule has 0 unspecified atom stereocenters. The van der Waals surface area contributed by atoms with Crippen LogP contribution in [0.15, 0.2) is 28.8 Å². The second-order valence-electron chi connectivity index (χ2n) is 4.48. The van der Waals surface area contributed by atoms with Gasteiger partial charge in [-0.2, -0.15) is 4.98 Å². The largest absolute Gasteiger partial charge is 0.336 e. The van der Waals surface area contributed by atoms with Gasteiger partial charge in [0.05, 0.1) is 0 Å². The molecule has 90 valence electrons. The highest BCUT2D eigenvalue weighted by molar-refractivity contribution is 5.26. The molecule has 1 aromatic heterocycles. The zero-order chi connectivity index (χ0) is 12.3. The van der Waals surface area contributed by atoms with Crippen LogP contribution in [0.25, 0.3) is 0 Å². The van der Waals surface area contributed by atoms with E-state index in [0.29, 0.717) is 24.3 Å². The number of hydrogen-bond acceptors (Lipinski definition) is 4. The van der Waals surface area contributed by atoms with Crippen LogP contribution in [0.4, 0.5) is 6.01 Å². The van der Waals surface area contributed by atoms with Crippen molar-refractivity contribution in [1.82, 2.24) is 10.1 Å². The third-order valence-electron chi connectivity index (χ3n) is 2.32. The predicted molar refractivity (Wildman–Crippen MR) is 67.0 cm³/mol. The molecule has 2 aromatic rings. The topological polar surface area (TPSA) is 51.0 Å². The van der Waals surface area contributed by atoms with Crippen LogP contribution in [0.5, 0.6) is 0 Å². The molecule has 1 aromatic carbocycles. The van der Waals surface area contributed by atoms with Gasteiger partial charge in [-0.25, -0.2) is 0 Å². The molecular formula is C13H17N3O. The molecule has 0 fully saturated rings. The van der Waals surface area contributed by atoms with Crippen LogP contribution in [0, 0.1) is 6.92 Å². The minimum atomic E-state index is 0.294. The number of anilines is 1. The van der Waals surface area contributed by atoms with Gasteiger partial charge in [0.25, 0.3) is 0 Å². The number of nitrogens with one attached hydrogen (secondary N) is 1. The number of benzene rings is 1. The Labute approximate surface area is 101 Å². The minimum Gasteiger partial charge on any atom is -0.336 e. The Morgan fingerprint density at radius 2 is 2.18 bits per heavy atom. The monoisotopic (exact) mass is 231 g/mol. The number of rotatable bonds is 4. The lowest BCUT2D eigenvalue weighted by atomic mass is 10.1. The highest BCUT2D eigenvalue weighted by Crippen LogP contribution is 2.11. The molecule has 1 heterocycles. The molecule has 0 bridgehead atoms. The number of hydrogen-bond donors (Lipinski definition) is 1. The minimum absolute atomic E-state index is 0.294. The first kappa shape index (κ1) is 11.6. The summed E-state index contributed by atoms with van der Waals surface area (Å²) >= 11 is 0. The van der Waals surface area contributed by atoms with E-state index in [2.05, 4.69) is 40.6 Å². The molecule has 17 heavy (non-hydrogen) atoms. The van der Waals surface area contributed by atoms with Crippen LogP contribution in [0.2, 0.25) is 0 Å². The maximum Gasteiger partial charge on any atom is 0.321 e. The van der Waals surface area contributed by atoms with Crippen LogP contribution in [0.3, 0.4) is 0 Å². The molecule has 0 aliphatic heterocycles. The van der Waals surface area contributed by atoms with Gasteiger partial charge in [0.15, 0.2) is 5.82 Å². The van der Waals surface area contributed by atoms with Crippen molar-refractivity contribution >= 4 is 6.01 Å². The lowest BCUT2D eigenvalue weighted by Gasteiger charge is -2.01. The summed E-state index contributed by atoms with van der Waals surface area (Å²) in [5.74, 6) is 0.707. The zero-order valence-electron chi connectivity index (χ0n) is 10.4. The van der Waals surface area contributed by atoms with Gasteiger partial charge in [-0.15, -0.1) is 0 Å². The standard InChI is InChI=1S/C13H17N3O/c1-9(2)14-13-15-12(16-17-13)8-11-6-4-5-10(3)7-11/h4-7,9H,8H2,1-3H3,(H,14,15,16). The van der Waals surface area contributed by atoms with E-state index < -0.39 is 0 Å². The van der Waals surface area contributed by atoms with Gasteiger partial charge in [-0.1, -0.05) is 35.0 Å². The van der Waals surface area contributed by atoms with Crippen LogP contribution in [-0.2, 0) is 6.42 Å². The van der Waals surface area contributed by atoms with Gasteiger partial charge in [-0.3, -0.25) is 0 Å². The Balaban J connectivity index is 2.06. The van der Waals surface area contributed by atoms with Crippen LogP contribution < -0.4 is 5.32 Å². The van der Waals surface area contributed by atoms with Crippen molar-refractivity contribution in [2.75, 3.05) is 5.32 Å². The highest BCUT2D eigenvalue weighted by atomic mass is 16.5. The summed E-state index contributed by atoms with van der Waals surface area (Å²) in [7, 11) is 0. The van der Waals surface area contributed by atoms with Gasteiger partial charge in [0, 0.05) is 12.5 Å². The van der Waals surface area contributed by atoms with Crippen LogP contribution >= 0.6 is 0 Å². The van der Waals surface area contributed by atoms with Crippen molar-refractivity contribution in [2.24, 2.45) is 0 Å². The van der Waals surface area contributed by atoms with Crippen LogP contribution in [-0.4, -0.2) is 16.2 Å². The molecule has 0 atom stereocenters. The molecule has 0 saturated heterocycles. The number of aryl methyl sites for hydroxylation is 1. The van der Waals surface area contributed by atoms with E-state index in [4.69, 9.17) is 4.52 Å². The Hall–Kier alpha value is -1.84. The zero-order valence-corrected chi connectivity index (χ0v) is 10.4. The number of aromatic nitrogens is 2. The fourth-order valence-electron chi connectivity index (χ4n) is 1.64. The average Bonchev–Trinajstić information content (AvgIpc) is 2.64. The lowest BCUT2D eigenvalue weighted by Crippen LogP contribution is -2.09. The first-order chi connectivity index (χ1) is 8.13. The van der Waals surface area contributed by atoms with Crippen molar-refractivity contribution in [1.29, 1.82) is 0 Å². The van der Waals surface area contributed by atoms with Crippen molar-refractivity contribution in [3.05, 3.63) is 41.2 Å². The summed E-state index contributed by atoms with van der Waals surface area (Å²) in [5, 5.41) is 7.03. The van der Waals surface area contributed by atoms with Crippen molar-refractivity contribution in [2.45, 2.75) is 33.2 Å². The quantitative estimate of drug-likeness (QED) is 0.879. The van der Waals surface area contributed by atoms with Gasteiger partial charge >= 0.3 is 6.01 Å². The summed E-state index contributed by atoms with van der Waals surface area (Å²) in [6.45, 7) is 6.14. The van der Waals surface area contributed by atoms with E-state index in [1.165, 1.54) is 11.1 Å². The fraction of sp³-hybridized carbons (Fsp3) is 0.385. The Kier molecular flexibility index (Phi) is 3.42. The number of nitrogens with zero attached hydrogens (tertiary/aromatic N) is 2. The molecule has 4 nitrogen and oxygen atoms in total. The fourth-order valence-corrected chi connectivity index (χ4v) is 1.64. The van der Waals surface area contributed by atoms with Gasteiger partial charge in [-0.05, 0) is 26.3 Å². The maximum atomic E-state index is 5.11. The molecule has 0 saturated carbocycles. The van der Waals surface area contributed by atoms with Gasteiger partial charge in [0.2, 0.25) is 0 Å². The van der Waals surface area contributed by atoms with Crippen molar-refractivity contribution in [3.8, 4) is 0 Å². The Morgan fingerprint density at radius 1 is 1.35 bits per heavy atom. The third-order valence-corrected chi connectivity index (χ3v) is 2.32. The Morgan fingerprint density at radius 3 is 2.88 bits per heavy atom. The third kappa shape index (κ3) is 3.31. The van der Waals surface area contributed by atoms with E-state index in [9.17, 15) is 0 Å². The molecule has 0 radical (unpaired) electrons. The van der Waals surface area contributed by atoms with Gasteiger partial charge < -0.3 is 9.84 Å². The van der Waals surface area contributed by atoms with Crippen molar-refractivity contribution in [3.63, 3.8) is 0 Å². The second-order valence-corrected chi connectivity index (χ2v) is 4.48. The maximum absolute atomic E-state index is 5.11. The normalized spacial score (nSPS) is 10.8. The van der Waals surface area contributed by atoms with Gasteiger partial charge in [0.1, 0.15) is 0 Å². The molecule has 1 N–H and O–H groups in total. The highest BCUT2D eigenvalue weighted by Gasteiger charge is 2.07. The van der Waals surface area contributed by atoms with Crippen LogP contribution in [0.1, 0.15) is 30.8 Å². The predicted octanol–water partition coefficient (Wildman–Crippen LogP) is 2.79. The van der Waals surface area contributed by atoms with E-state index in [0.717, 1.165) is 0 Å². The SMILES string of the molecule is Cc1cccc(Cc2noc(NC(C)C)n2)c1. The molecule has 2 rings (SSSR count). The van der Waals surface area contributed by atoms with E-state index in [1.807, 2.05) is 19.9 Å². The molecular weight excluding hydrogens is 214 g/mol. The second kappa shape index (κ2) is 4.99. The Bertz CT molecular complexity index is 491. The first-order valence-electron chi connectivity index (χ1n) is 5.78. The summed E-state index contributed by atoms with van der Waals surface area (Å²) in [5.41, 5.74) is 2.44. The van der Waals surface area contributed by atoms with E-state index >= 15 is 0 Å². The average molecular weight is 231 g/mol. The lowest BCUT2D eigenvalue weighted by molar-refractivity contribution is 0.421. The summed E-state index contributed by atoms with van der Waals surface area (Å²) < 4.78 is 5.11. The molecule has 0 aliphatic carbocycles. The summed E-state index contributed by atoms with van der Waals surface area (Å²) in [4.78, 5) is 4.29. The molecule has 0 amide bonds. The smallest absolute Gasteiger partial charge is 0.321 e. The first-order valence-corrected chi connectivity index (χ1v) is 5.78. The van der Waals surface area contributed by atoms with E-state index in [-0.39, 0.29) is 0 Å². The molecule has 0 spiro atoms. The molecule has 4 heteroatoms. The summed E-state index contributed by atoms with van der Waals surface area (Å²) in [6.07, 6.45) is 0.699.